The molecule has 1 unspecified atom stereocenters. The highest BCUT2D eigenvalue weighted by Gasteiger charge is 2.41. The quantitative estimate of drug-likeness (QED) is 0.197. The second kappa shape index (κ2) is 14.7. The summed E-state index contributed by atoms with van der Waals surface area (Å²) in [5.74, 6) is -0.0528. The van der Waals surface area contributed by atoms with Gasteiger partial charge < -0.3 is 20.1 Å². The first-order chi connectivity index (χ1) is 21.3. The number of thiazole rings is 1. The highest BCUT2D eigenvalue weighted by Crippen LogP contribution is 2.38. The van der Waals surface area contributed by atoms with Crippen LogP contribution < -0.4 is 5.32 Å². The number of aromatic nitrogens is 1. The molecule has 2 heterocycles. The molecule has 1 aromatic heterocycles. The van der Waals surface area contributed by atoms with E-state index in [1.807, 2.05) is 85.8 Å². The van der Waals surface area contributed by atoms with Crippen molar-refractivity contribution in [1.82, 2.24) is 15.2 Å². The Morgan fingerprint density at radius 2 is 1.93 bits per heavy atom. The van der Waals surface area contributed by atoms with E-state index < -0.39 is 11.2 Å². The number of nitrogens with one attached hydrogen (secondary N) is 1. The minimum Gasteiger partial charge on any atom is -0.387 e. The minimum atomic E-state index is -0.958. The van der Waals surface area contributed by atoms with Gasteiger partial charge in [0.15, 0.2) is 0 Å². The smallest absolute Gasteiger partial charge is 0.273 e. The maximum Gasteiger partial charge on any atom is 0.273 e. The van der Waals surface area contributed by atoms with Gasteiger partial charge in [-0.15, -0.1) is 11.3 Å². The average molecular weight is 615 g/mol. The molecule has 0 radical (unpaired) electrons. The molecule has 1 saturated heterocycles. The van der Waals surface area contributed by atoms with Gasteiger partial charge in [-0.3, -0.25) is 9.79 Å². The van der Waals surface area contributed by atoms with Gasteiger partial charge in [-0.2, -0.15) is 0 Å². The van der Waals surface area contributed by atoms with Crippen molar-refractivity contribution in [3.63, 3.8) is 0 Å². The van der Waals surface area contributed by atoms with Crippen LogP contribution >= 0.6 is 11.3 Å². The molecule has 1 saturated carbocycles. The first-order valence-electron chi connectivity index (χ1n) is 15.9. The van der Waals surface area contributed by atoms with E-state index in [0.717, 1.165) is 54.9 Å². The molecule has 1 aliphatic heterocycles. The molecule has 0 bridgehead atoms. The topological polar surface area (TPSA) is 87.0 Å². The zero-order valence-corrected chi connectivity index (χ0v) is 27.1. The summed E-state index contributed by atoms with van der Waals surface area (Å²) in [5.41, 5.74) is 1.99. The van der Waals surface area contributed by atoms with Crippen LogP contribution in [0.3, 0.4) is 0 Å². The number of piperazine rings is 1. The zero-order valence-electron chi connectivity index (χ0n) is 26.2. The molecule has 234 valence electrons. The molecule has 2 aromatic carbocycles. The molecule has 44 heavy (non-hydrogen) atoms. The minimum absolute atomic E-state index is 0.00880. The largest absolute Gasteiger partial charge is 0.387 e. The number of carbonyl (C=O) groups is 1. The van der Waals surface area contributed by atoms with Crippen LogP contribution in [0.15, 0.2) is 82.9 Å². The summed E-state index contributed by atoms with van der Waals surface area (Å²) < 4.78 is 6.33. The van der Waals surface area contributed by atoms with Crippen LogP contribution in [-0.2, 0) is 21.6 Å². The summed E-state index contributed by atoms with van der Waals surface area (Å²) in [6, 6.07) is 20.4. The number of aliphatic hydroxyl groups is 1. The molecule has 2 aliphatic rings. The summed E-state index contributed by atoms with van der Waals surface area (Å²) in [6.07, 6.45) is 8.61. The van der Waals surface area contributed by atoms with Crippen LogP contribution in [0, 0.1) is 5.92 Å². The zero-order chi connectivity index (χ0) is 31.0. The maximum absolute atomic E-state index is 14.3. The van der Waals surface area contributed by atoms with Crippen LogP contribution in [-0.4, -0.2) is 65.0 Å². The van der Waals surface area contributed by atoms with Crippen LogP contribution in [0.1, 0.15) is 69.0 Å². The number of carbonyl (C=O) groups excluding carboxylic acids is 1. The third-order valence-corrected chi connectivity index (χ3v) is 10.2. The van der Waals surface area contributed by atoms with Crippen molar-refractivity contribution in [1.29, 1.82) is 0 Å². The van der Waals surface area contributed by atoms with Gasteiger partial charge >= 0.3 is 0 Å². The average Bonchev–Trinajstić information content (AvgIpc) is 3.61. The van der Waals surface area contributed by atoms with Crippen molar-refractivity contribution in [2.75, 3.05) is 26.2 Å². The van der Waals surface area contributed by atoms with E-state index in [0.29, 0.717) is 25.1 Å². The summed E-state index contributed by atoms with van der Waals surface area (Å²) in [4.78, 5) is 25.6. The lowest BCUT2D eigenvalue weighted by Gasteiger charge is -2.41. The van der Waals surface area contributed by atoms with E-state index >= 15 is 0 Å². The van der Waals surface area contributed by atoms with Crippen molar-refractivity contribution >= 4 is 29.0 Å². The Labute approximate surface area is 266 Å². The highest BCUT2D eigenvalue weighted by atomic mass is 32.1. The third kappa shape index (κ3) is 7.91. The number of ether oxygens (including phenoxy) is 1. The first kappa shape index (κ1) is 32.2. The number of nitrogens with zero attached hydrogens (tertiary/aromatic N) is 3. The van der Waals surface area contributed by atoms with E-state index in [2.05, 4.69) is 22.4 Å². The molecular weight excluding hydrogens is 568 g/mol. The molecule has 1 aliphatic carbocycles. The summed E-state index contributed by atoms with van der Waals surface area (Å²) >= 11 is 1.56. The fourth-order valence-corrected chi connectivity index (χ4v) is 7.07. The second-order valence-corrected chi connectivity index (χ2v) is 13.5. The van der Waals surface area contributed by atoms with Gasteiger partial charge in [0.1, 0.15) is 16.3 Å². The molecular formula is C36H46N4O3S. The molecule has 1 amide bonds. The Morgan fingerprint density at radius 3 is 2.66 bits per heavy atom. The number of allylic oxidation sites excluding steroid dienone is 1. The van der Waals surface area contributed by atoms with Crippen LogP contribution in [0.5, 0.6) is 0 Å². The van der Waals surface area contributed by atoms with Crippen molar-refractivity contribution in [3.05, 3.63) is 94.1 Å². The normalized spacial score (nSPS) is 23.5. The number of hydrogen-bond donors (Lipinski definition) is 2. The lowest BCUT2D eigenvalue weighted by molar-refractivity contribution is -0.145. The van der Waals surface area contributed by atoms with Crippen LogP contribution in [0.25, 0.3) is 5.57 Å². The molecule has 5 rings (SSSR count). The van der Waals surface area contributed by atoms with Crippen LogP contribution in [0.4, 0.5) is 0 Å². The number of amides is 1. The molecule has 8 heteroatoms. The Morgan fingerprint density at radius 1 is 1.18 bits per heavy atom. The second-order valence-electron chi connectivity index (χ2n) is 12.6. The van der Waals surface area contributed by atoms with Gasteiger partial charge in [0.25, 0.3) is 5.91 Å². The highest BCUT2D eigenvalue weighted by molar-refractivity contribution is 7.09. The predicted octanol–water partition coefficient (Wildman–Crippen LogP) is 6.25. The fraction of sp³-hybridized carbons (Fsp3) is 0.472. The van der Waals surface area contributed by atoms with Crippen molar-refractivity contribution < 1.29 is 14.6 Å². The van der Waals surface area contributed by atoms with Crippen molar-refractivity contribution in [2.24, 2.45) is 10.9 Å². The van der Waals surface area contributed by atoms with Gasteiger partial charge in [0, 0.05) is 43.5 Å². The molecule has 7 nitrogen and oxygen atoms in total. The van der Waals surface area contributed by atoms with E-state index in [1.165, 1.54) is 5.56 Å². The van der Waals surface area contributed by atoms with E-state index in [-0.39, 0.29) is 24.5 Å². The van der Waals surface area contributed by atoms with Gasteiger partial charge in [-0.1, -0.05) is 73.5 Å². The van der Waals surface area contributed by atoms with Gasteiger partial charge in [-0.25, -0.2) is 4.98 Å². The Bertz CT molecular complexity index is 1410. The maximum atomic E-state index is 14.3. The van der Waals surface area contributed by atoms with Gasteiger partial charge in [-0.05, 0) is 69.1 Å². The molecule has 3 aromatic rings. The lowest BCUT2D eigenvalue weighted by Crippen LogP contribution is -2.54. The molecule has 0 spiro atoms. The molecule has 2 N–H and O–H groups in total. The van der Waals surface area contributed by atoms with E-state index in [4.69, 9.17) is 9.73 Å². The van der Waals surface area contributed by atoms with Crippen molar-refractivity contribution in [2.45, 2.75) is 76.5 Å². The van der Waals surface area contributed by atoms with E-state index in [9.17, 15) is 9.90 Å². The standard InChI is InChI=1S/C36H46N4O3S/c1-27(29-14-8-5-9-15-29)32(33(41)40-22-20-37-25-31(40)24-28-12-6-4-7-13-28)38-19-17-30-16-10-11-18-36(30,42)26-43-35(2,3)34-39-21-23-44-34/h4-9,12-15,19,21,23,30-31,37,42H,10-11,16-18,20,22,24-26H2,1-3H3/b32-27+,38-19?/t30?,31-,36+/m1/s1. The molecule has 2 fully saturated rings. The lowest BCUT2D eigenvalue weighted by atomic mass is 9.74. The molecule has 3 atom stereocenters. The van der Waals surface area contributed by atoms with Gasteiger partial charge in [0.2, 0.25) is 0 Å². The number of rotatable bonds is 11. The summed E-state index contributed by atoms with van der Waals surface area (Å²) in [7, 11) is 0. The third-order valence-electron chi connectivity index (χ3n) is 9.10. The van der Waals surface area contributed by atoms with Crippen LogP contribution in [0.2, 0.25) is 0 Å². The monoisotopic (exact) mass is 614 g/mol. The fourth-order valence-electron chi connectivity index (χ4n) is 6.35. The Hall–Kier alpha value is -3.17. The predicted molar refractivity (Wildman–Crippen MR) is 179 cm³/mol. The summed E-state index contributed by atoms with van der Waals surface area (Å²) in [5, 5.41) is 18.2. The Kier molecular flexibility index (Phi) is 10.8. The number of hydrogen-bond acceptors (Lipinski definition) is 7. The SMILES string of the molecule is C/C(=C(\N=CCC1CCCC[C@]1(O)COC(C)(C)c1nccs1)C(=O)N1CCNC[C@H]1Cc1ccccc1)c1ccccc1. The summed E-state index contributed by atoms with van der Waals surface area (Å²) in [6.45, 7) is 8.37. The Balaban J connectivity index is 1.36. The van der Waals surface area contributed by atoms with Crippen molar-refractivity contribution in [3.8, 4) is 0 Å². The van der Waals surface area contributed by atoms with E-state index in [1.54, 1.807) is 17.5 Å². The number of benzene rings is 2. The van der Waals surface area contributed by atoms with Gasteiger partial charge in [0.05, 0.1) is 12.2 Å². The number of aliphatic imine (C=N–C) groups is 1. The first-order valence-corrected chi connectivity index (χ1v) is 16.8.